The van der Waals surface area contributed by atoms with Crippen molar-refractivity contribution in [1.29, 1.82) is 0 Å². The van der Waals surface area contributed by atoms with E-state index in [1.54, 1.807) is 0 Å². The smallest absolute Gasteiger partial charge is 0.120 e. The Kier molecular flexibility index (Phi) is 3.61. The van der Waals surface area contributed by atoms with Crippen LogP contribution in [0.2, 0.25) is 0 Å². The van der Waals surface area contributed by atoms with Gasteiger partial charge in [0.15, 0.2) is 0 Å². The lowest BCUT2D eigenvalue weighted by molar-refractivity contribution is 0.306. The summed E-state index contributed by atoms with van der Waals surface area (Å²) in [6.07, 6.45) is 1.84. The highest BCUT2D eigenvalue weighted by molar-refractivity contribution is 5.47. The zero-order chi connectivity index (χ0) is 12.1. The van der Waals surface area contributed by atoms with E-state index in [0.29, 0.717) is 6.61 Å². The predicted octanol–water partition coefficient (Wildman–Crippen LogP) is 4.22. The van der Waals surface area contributed by atoms with E-state index in [1.807, 2.05) is 36.4 Å². The van der Waals surface area contributed by atoms with Gasteiger partial charge in [-0.1, -0.05) is 43.0 Å². The monoisotopic (exact) mass is 224 g/mol. The molecule has 0 atom stereocenters. The maximum atomic E-state index is 5.74. The molecule has 0 unspecified atom stereocenters. The molecule has 0 amide bonds. The number of ether oxygens (including phenoxy) is 1. The normalized spacial score (nSPS) is 9.94. The summed E-state index contributed by atoms with van der Waals surface area (Å²) in [4.78, 5) is 0. The quantitative estimate of drug-likeness (QED) is 0.755. The van der Waals surface area contributed by atoms with Gasteiger partial charge in [-0.2, -0.15) is 0 Å². The van der Waals surface area contributed by atoms with E-state index in [2.05, 4.69) is 31.7 Å². The molecule has 0 bridgehead atoms. The molecule has 0 spiro atoms. The molecule has 0 aromatic heterocycles. The summed E-state index contributed by atoms with van der Waals surface area (Å²) < 4.78 is 5.74. The summed E-state index contributed by atoms with van der Waals surface area (Å²) >= 11 is 0. The highest BCUT2D eigenvalue weighted by Gasteiger charge is 1.97. The Morgan fingerprint density at radius 2 is 1.94 bits per heavy atom. The summed E-state index contributed by atoms with van der Waals surface area (Å²) in [7, 11) is 0. The van der Waals surface area contributed by atoms with Crippen molar-refractivity contribution < 1.29 is 4.74 Å². The third kappa shape index (κ3) is 3.22. The lowest BCUT2D eigenvalue weighted by Crippen LogP contribution is -1.95. The maximum absolute atomic E-state index is 5.74. The average Bonchev–Trinajstić information content (AvgIpc) is 2.37. The molecule has 0 aliphatic carbocycles. The lowest BCUT2D eigenvalue weighted by atomic mass is 10.1. The number of aryl methyl sites for hydroxylation is 1. The maximum Gasteiger partial charge on any atom is 0.120 e. The molecular formula is C16H16O. The standard InChI is InChI=1S/C16H16O/c1-3-14-7-5-8-15(11-14)12-17-16-9-4-6-13(2)10-16/h3-11H,1,12H2,2H3. The first-order valence-corrected chi connectivity index (χ1v) is 5.69. The first kappa shape index (κ1) is 11.5. The van der Waals surface area contributed by atoms with Gasteiger partial charge in [0.1, 0.15) is 12.4 Å². The van der Waals surface area contributed by atoms with Crippen LogP contribution < -0.4 is 4.74 Å². The Morgan fingerprint density at radius 1 is 1.12 bits per heavy atom. The van der Waals surface area contributed by atoms with Crippen LogP contribution in [0.5, 0.6) is 5.75 Å². The van der Waals surface area contributed by atoms with Gasteiger partial charge in [0.2, 0.25) is 0 Å². The van der Waals surface area contributed by atoms with Crippen LogP contribution >= 0.6 is 0 Å². The minimum atomic E-state index is 0.588. The van der Waals surface area contributed by atoms with Crippen molar-refractivity contribution in [3.05, 3.63) is 71.8 Å². The van der Waals surface area contributed by atoms with Crippen LogP contribution in [0.4, 0.5) is 0 Å². The van der Waals surface area contributed by atoms with Crippen LogP contribution in [0.15, 0.2) is 55.1 Å². The van der Waals surface area contributed by atoms with Gasteiger partial charge in [-0.3, -0.25) is 0 Å². The van der Waals surface area contributed by atoms with Crippen LogP contribution in [0.1, 0.15) is 16.7 Å². The number of benzene rings is 2. The Hall–Kier alpha value is -2.02. The van der Waals surface area contributed by atoms with Gasteiger partial charge in [0, 0.05) is 0 Å². The fourth-order valence-electron chi connectivity index (χ4n) is 1.68. The van der Waals surface area contributed by atoms with E-state index in [4.69, 9.17) is 4.74 Å². The van der Waals surface area contributed by atoms with E-state index in [-0.39, 0.29) is 0 Å². The van der Waals surface area contributed by atoms with E-state index in [1.165, 1.54) is 5.56 Å². The van der Waals surface area contributed by atoms with Crippen LogP contribution in [0, 0.1) is 6.92 Å². The molecule has 1 heteroatoms. The van der Waals surface area contributed by atoms with Crippen LogP contribution in [0.3, 0.4) is 0 Å². The number of hydrogen-bond acceptors (Lipinski definition) is 1. The van der Waals surface area contributed by atoms with E-state index >= 15 is 0 Å². The summed E-state index contributed by atoms with van der Waals surface area (Å²) in [5.41, 5.74) is 3.49. The Morgan fingerprint density at radius 3 is 2.71 bits per heavy atom. The van der Waals surface area contributed by atoms with Crippen molar-refractivity contribution in [1.82, 2.24) is 0 Å². The topological polar surface area (TPSA) is 9.23 Å². The zero-order valence-corrected chi connectivity index (χ0v) is 10.0. The average molecular weight is 224 g/mol. The van der Waals surface area contributed by atoms with Crippen molar-refractivity contribution in [3.63, 3.8) is 0 Å². The second-order valence-electron chi connectivity index (χ2n) is 4.05. The largest absolute Gasteiger partial charge is 0.489 e. The van der Waals surface area contributed by atoms with Crippen molar-refractivity contribution in [3.8, 4) is 5.75 Å². The number of hydrogen-bond donors (Lipinski definition) is 0. The van der Waals surface area contributed by atoms with Gasteiger partial charge < -0.3 is 4.74 Å². The Labute approximate surface area is 102 Å². The van der Waals surface area contributed by atoms with Crippen molar-refractivity contribution in [2.24, 2.45) is 0 Å². The first-order valence-electron chi connectivity index (χ1n) is 5.69. The molecule has 0 saturated carbocycles. The molecule has 86 valence electrons. The van der Waals surface area contributed by atoms with Gasteiger partial charge in [0.05, 0.1) is 0 Å². The Bertz CT molecular complexity index is 514. The fraction of sp³-hybridized carbons (Fsp3) is 0.125. The SMILES string of the molecule is C=Cc1cccc(COc2cccc(C)c2)c1. The third-order valence-corrected chi connectivity index (χ3v) is 2.58. The molecule has 0 radical (unpaired) electrons. The summed E-state index contributed by atoms with van der Waals surface area (Å²) in [6.45, 7) is 6.41. The van der Waals surface area contributed by atoms with Crippen molar-refractivity contribution >= 4 is 6.08 Å². The highest BCUT2D eigenvalue weighted by Crippen LogP contribution is 2.15. The van der Waals surface area contributed by atoms with Gasteiger partial charge >= 0.3 is 0 Å². The summed E-state index contributed by atoms with van der Waals surface area (Å²) in [5.74, 6) is 0.911. The molecule has 0 saturated heterocycles. The molecule has 2 aromatic rings. The molecule has 2 rings (SSSR count). The predicted molar refractivity (Wildman–Crippen MR) is 72.0 cm³/mol. The molecular weight excluding hydrogens is 208 g/mol. The molecule has 0 N–H and O–H groups in total. The highest BCUT2D eigenvalue weighted by atomic mass is 16.5. The van der Waals surface area contributed by atoms with Crippen molar-refractivity contribution in [2.45, 2.75) is 13.5 Å². The molecule has 0 heterocycles. The summed E-state index contributed by atoms with van der Waals surface area (Å²) in [5, 5.41) is 0. The van der Waals surface area contributed by atoms with Crippen molar-refractivity contribution in [2.75, 3.05) is 0 Å². The zero-order valence-electron chi connectivity index (χ0n) is 10.0. The van der Waals surface area contributed by atoms with E-state index in [9.17, 15) is 0 Å². The number of rotatable bonds is 4. The molecule has 0 fully saturated rings. The second-order valence-corrected chi connectivity index (χ2v) is 4.05. The van der Waals surface area contributed by atoms with Gasteiger partial charge in [-0.15, -0.1) is 0 Å². The molecule has 1 nitrogen and oxygen atoms in total. The van der Waals surface area contributed by atoms with Crippen LogP contribution in [-0.2, 0) is 6.61 Å². The van der Waals surface area contributed by atoms with E-state index in [0.717, 1.165) is 16.9 Å². The second kappa shape index (κ2) is 5.35. The van der Waals surface area contributed by atoms with Gasteiger partial charge in [0.25, 0.3) is 0 Å². The van der Waals surface area contributed by atoms with E-state index < -0.39 is 0 Å². The Balaban J connectivity index is 2.04. The first-order chi connectivity index (χ1) is 8.28. The fourth-order valence-corrected chi connectivity index (χ4v) is 1.68. The molecule has 0 aliphatic rings. The third-order valence-electron chi connectivity index (χ3n) is 2.58. The van der Waals surface area contributed by atoms with Crippen LogP contribution in [-0.4, -0.2) is 0 Å². The molecule has 17 heavy (non-hydrogen) atoms. The van der Waals surface area contributed by atoms with Crippen LogP contribution in [0.25, 0.3) is 6.08 Å². The minimum absolute atomic E-state index is 0.588. The molecule has 0 aliphatic heterocycles. The minimum Gasteiger partial charge on any atom is -0.489 e. The lowest BCUT2D eigenvalue weighted by Gasteiger charge is -2.07. The van der Waals surface area contributed by atoms with Gasteiger partial charge in [-0.05, 0) is 41.8 Å². The summed E-state index contributed by atoms with van der Waals surface area (Å²) in [6, 6.07) is 16.3. The van der Waals surface area contributed by atoms with Gasteiger partial charge in [-0.25, -0.2) is 0 Å². The molecule has 2 aromatic carbocycles.